The quantitative estimate of drug-likeness (QED) is 0.0156. The number of ether oxygens (including phenoxy) is 2. The van der Waals surface area contributed by atoms with E-state index in [4.69, 9.17) is 18.5 Å². The number of aliphatic hydroxyl groups is 1. The zero-order valence-electron chi connectivity index (χ0n) is 36.4. The first-order valence-corrected chi connectivity index (χ1v) is 23.3. The highest BCUT2D eigenvalue weighted by Crippen LogP contribution is 2.43. The van der Waals surface area contributed by atoms with E-state index in [2.05, 4.69) is 56.4 Å². The number of quaternary nitrogens is 1. The summed E-state index contributed by atoms with van der Waals surface area (Å²) in [5.74, 6) is -0.952. The van der Waals surface area contributed by atoms with Crippen molar-refractivity contribution in [3.8, 4) is 0 Å². The Hall–Kier alpha value is -2.59. The fraction of sp³-hybridized carbons (Fsp3) is 0.696. The number of carbonyl (C=O) groups excluding carboxylic acids is 2. The zero-order chi connectivity index (χ0) is 42.3. The largest absolute Gasteiger partial charge is 0.472 e. The van der Waals surface area contributed by atoms with Crippen LogP contribution in [0, 0.1) is 0 Å². The van der Waals surface area contributed by atoms with Gasteiger partial charge in [-0.3, -0.25) is 18.6 Å². The van der Waals surface area contributed by atoms with Crippen LogP contribution in [0.5, 0.6) is 0 Å². The lowest BCUT2D eigenvalue weighted by molar-refractivity contribution is -0.870. The third kappa shape index (κ3) is 41.4. The van der Waals surface area contributed by atoms with Crippen LogP contribution >= 0.6 is 7.82 Å². The average molecular weight is 823 g/mol. The molecule has 0 saturated heterocycles. The third-order valence-electron chi connectivity index (χ3n) is 8.79. The van der Waals surface area contributed by atoms with Crippen molar-refractivity contribution in [3.63, 3.8) is 0 Å². The molecule has 2 N–H and O–H groups in total. The summed E-state index contributed by atoms with van der Waals surface area (Å²) in [6, 6.07) is 0. The van der Waals surface area contributed by atoms with Crippen LogP contribution in [0.1, 0.15) is 149 Å². The summed E-state index contributed by atoms with van der Waals surface area (Å²) in [6.07, 6.45) is 42.6. The number of carbonyl (C=O) groups is 2. The smallest absolute Gasteiger partial charge is 0.462 e. The molecule has 10 nitrogen and oxygen atoms in total. The molecule has 0 rings (SSSR count). The minimum absolute atomic E-state index is 0.000109. The van der Waals surface area contributed by atoms with E-state index in [1.165, 1.54) is 44.9 Å². The van der Waals surface area contributed by atoms with Crippen LogP contribution in [0.15, 0.2) is 72.9 Å². The molecular weight excluding hydrogens is 741 g/mol. The van der Waals surface area contributed by atoms with Crippen molar-refractivity contribution in [2.24, 2.45) is 0 Å². The van der Waals surface area contributed by atoms with Gasteiger partial charge >= 0.3 is 19.8 Å². The molecule has 11 heteroatoms. The zero-order valence-corrected chi connectivity index (χ0v) is 37.3. The highest BCUT2D eigenvalue weighted by molar-refractivity contribution is 7.47. The van der Waals surface area contributed by atoms with Crippen LogP contribution in [-0.2, 0) is 32.7 Å². The fourth-order valence-electron chi connectivity index (χ4n) is 5.29. The summed E-state index contributed by atoms with van der Waals surface area (Å²) in [5, 5.41) is 10.2. The first kappa shape index (κ1) is 54.4. The first-order chi connectivity index (χ1) is 27.4. The second kappa shape index (κ2) is 37.7. The summed E-state index contributed by atoms with van der Waals surface area (Å²) in [4.78, 5) is 35.3. The van der Waals surface area contributed by atoms with Crippen molar-refractivity contribution < 1.29 is 47.2 Å². The maximum absolute atomic E-state index is 12.7. The standard InChI is InChI=1S/C46H80NO9P/c1-6-8-10-12-14-16-17-18-19-20-21-23-25-29-33-37-45(49)53-41-44(42-55-57(51,52)54-40-39-47(3,4)5)56-46(50)38-34-30-26-28-32-36-43(48)35-31-27-24-22-15-13-11-9-7-2/h14-16,18-19,22,26-28,31-32,36,43-44,48H,6-13,17,20-21,23-25,29-30,33-35,37-42H2,1-5H3/p+1/b16-14-,19-18-,22-15-,28-26+,31-27-,36-32-/t43?,44-/m1/s1. The fourth-order valence-corrected chi connectivity index (χ4v) is 6.03. The van der Waals surface area contributed by atoms with Gasteiger partial charge in [-0.05, 0) is 77.0 Å². The van der Waals surface area contributed by atoms with Crippen molar-refractivity contribution >= 4 is 19.8 Å². The number of likely N-dealkylation sites (N-methyl/N-ethyl adjacent to an activating group) is 1. The van der Waals surface area contributed by atoms with Crippen LogP contribution < -0.4 is 0 Å². The molecule has 2 unspecified atom stereocenters. The molecule has 0 bridgehead atoms. The van der Waals surface area contributed by atoms with Gasteiger partial charge in [-0.15, -0.1) is 0 Å². The van der Waals surface area contributed by atoms with Gasteiger partial charge < -0.3 is 24.0 Å². The summed E-state index contributed by atoms with van der Waals surface area (Å²) in [7, 11) is 1.37. The van der Waals surface area contributed by atoms with E-state index in [1.54, 1.807) is 12.2 Å². The number of hydrogen-bond donors (Lipinski definition) is 2. The van der Waals surface area contributed by atoms with Gasteiger partial charge in [0.1, 0.15) is 19.8 Å². The van der Waals surface area contributed by atoms with Gasteiger partial charge in [0.15, 0.2) is 6.10 Å². The van der Waals surface area contributed by atoms with Crippen molar-refractivity contribution in [1.82, 2.24) is 0 Å². The molecule has 328 valence electrons. The molecule has 0 aromatic heterocycles. The maximum atomic E-state index is 12.7. The Kier molecular flexibility index (Phi) is 36.0. The van der Waals surface area contributed by atoms with Crippen molar-refractivity contribution in [1.29, 1.82) is 0 Å². The second-order valence-electron chi connectivity index (χ2n) is 15.6. The first-order valence-electron chi connectivity index (χ1n) is 21.8. The number of nitrogens with zero attached hydrogens (tertiary/aromatic N) is 1. The molecule has 3 atom stereocenters. The molecule has 0 spiro atoms. The number of aliphatic hydroxyl groups excluding tert-OH is 1. The summed E-state index contributed by atoms with van der Waals surface area (Å²) >= 11 is 0. The summed E-state index contributed by atoms with van der Waals surface area (Å²) < 4.78 is 34.1. The Balaban J connectivity index is 4.60. The van der Waals surface area contributed by atoms with Gasteiger partial charge in [-0.2, -0.15) is 0 Å². The average Bonchev–Trinajstić information content (AvgIpc) is 3.15. The van der Waals surface area contributed by atoms with Crippen LogP contribution in [0.2, 0.25) is 0 Å². The van der Waals surface area contributed by atoms with E-state index >= 15 is 0 Å². The highest BCUT2D eigenvalue weighted by atomic mass is 31.2. The van der Waals surface area contributed by atoms with Crippen LogP contribution in [-0.4, -0.2) is 86.1 Å². The van der Waals surface area contributed by atoms with Gasteiger partial charge in [-0.1, -0.05) is 132 Å². The van der Waals surface area contributed by atoms with E-state index in [1.807, 2.05) is 39.4 Å². The Bertz CT molecular complexity index is 1220. The van der Waals surface area contributed by atoms with E-state index < -0.39 is 38.6 Å². The number of hydrogen-bond acceptors (Lipinski definition) is 8. The molecule has 0 saturated carbocycles. The SMILES string of the molecule is CCCCC/C=C\C/C=C\CCCCCCCC(=O)OC[C@H](COP(=O)(O)OCC[N+](C)(C)C)OC(=O)CCC/C=C/C=C\C(O)C/C=C\C/C=C\CCCCC. The Labute approximate surface area is 347 Å². The lowest BCUT2D eigenvalue weighted by Gasteiger charge is -2.24. The maximum Gasteiger partial charge on any atom is 0.472 e. The Morgan fingerprint density at radius 3 is 1.79 bits per heavy atom. The number of esters is 2. The van der Waals surface area contributed by atoms with Crippen molar-refractivity contribution in [2.75, 3.05) is 47.5 Å². The van der Waals surface area contributed by atoms with Gasteiger partial charge in [0.25, 0.3) is 0 Å². The predicted molar refractivity (Wildman–Crippen MR) is 235 cm³/mol. The monoisotopic (exact) mass is 823 g/mol. The molecule has 57 heavy (non-hydrogen) atoms. The number of phosphoric ester groups is 1. The molecule has 0 heterocycles. The van der Waals surface area contributed by atoms with Crippen molar-refractivity contribution in [3.05, 3.63) is 72.9 Å². The molecule has 0 aromatic rings. The Morgan fingerprint density at radius 2 is 1.18 bits per heavy atom. The number of phosphoric acid groups is 1. The normalized spacial score (nSPS) is 14.9. The molecule has 0 fully saturated rings. The molecule has 0 radical (unpaired) electrons. The number of allylic oxidation sites excluding steroid dienone is 10. The van der Waals surface area contributed by atoms with E-state index in [-0.39, 0.29) is 26.1 Å². The molecule has 0 aromatic carbocycles. The number of unbranched alkanes of at least 4 members (excludes halogenated alkanes) is 12. The van der Waals surface area contributed by atoms with Gasteiger partial charge in [0.2, 0.25) is 0 Å². The number of rotatable bonds is 38. The topological polar surface area (TPSA) is 129 Å². The summed E-state index contributed by atoms with van der Waals surface area (Å²) in [5.41, 5.74) is 0. The second-order valence-corrected chi connectivity index (χ2v) is 17.0. The Morgan fingerprint density at radius 1 is 0.632 bits per heavy atom. The molecule has 0 aliphatic carbocycles. The minimum Gasteiger partial charge on any atom is -0.462 e. The van der Waals surface area contributed by atoms with Crippen LogP contribution in [0.4, 0.5) is 0 Å². The minimum atomic E-state index is -4.42. The molecule has 0 aliphatic heterocycles. The van der Waals surface area contributed by atoms with Gasteiger partial charge in [-0.25, -0.2) is 4.57 Å². The predicted octanol–water partition coefficient (Wildman–Crippen LogP) is 11.2. The highest BCUT2D eigenvalue weighted by Gasteiger charge is 2.27. The van der Waals surface area contributed by atoms with E-state index in [9.17, 15) is 24.2 Å². The van der Waals surface area contributed by atoms with Gasteiger partial charge in [0.05, 0.1) is 33.9 Å². The van der Waals surface area contributed by atoms with Crippen LogP contribution in [0.25, 0.3) is 0 Å². The van der Waals surface area contributed by atoms with E-state index in [0.29, 0.717) is 36.7 Å². The lowest BCUT2D eigenvalue weighted by atomic mass is 10.1. The van der Waals surface area contributed by atoms with Crippen molar-refractivity contribution in [2.45, 2.75) is 161 Å². The molecule has 0 aliphatic rings. The van der Waals surface area contributed by atoms with Gasteiger partial charge in [0, 0.05) is 12.8 Å². The lowest BCUT2D eigenvalue weighted by Crippen LogP contribution is -2.37. The van der Waals surface area contributed by atoms with Crippen LogP contribution in [0.3, 0.4) is 0 Å². The third-order valence-corrected chi connectivity index (χ3v) is 9.77. The summed E-state index contributed by atoms with van der Waals surface area (Å²) in [6.45, 7) is 4.16. The molecular formula is C46H81NO9P+. The molecule has 0 amide bonds. The van der Waals surface area contributed by atoms with E-state index in [0.717, 1.165) is 51.4 Å².